The van der Waals surface area contributed by atoms with Crippen molar-refractivity contribution in [3.8, 4) is 0 Å². The molecule has 18 heavy (non-hydrogen) atoms. The highest BCUT2D eigenvalue weighted by Gasteiger charge is 2.12. The number of thiazole rings is 1. The molecular weight excluding hydrogens is 254 g/mol. The maximum absolute atomic E-state index is 13.5. The topological polar surface area (TPSA) is 24.9 Å². The van der Waals surface area contributed by atoms with E-state index in [2.05, 4.69) is 10.3 Å². The van der Waals surface area contributed by atoms with Crippen LogP contribution in [0.3, 0.4) is 0 Å². The third-order valence-corrected chi connectivity index (χ3v) is 3.60. The van der Waals surface area contributed by atoms with E-state index < -0.39 is 11.6 Å². The molecule has 2 aromatic rings. The van der Waals surface area contributed by atoms with E-state index in [0.717, 1.165) is 17.5 Å². The van der Waals surface area contributed by atoms with E-state index in [1.165, 1.54) is 12.1 Å². The molecule has 5 heteroatoms. The van der Waals surface area contributed by atoms with Crippen LogP contribution in [0.25, 0.3) is 0 Å². The summed E-state index contributed by atoms with van der Waals surface area (Å²) in [6, 6.07) is 3.74. The fourth-order valence-corrected chi connectivity index (χ4v) is 2.51. The highest BCUT2D eigenvalue weighted by Crippen LogP contribution is 2.19. The third kappa shape index (κ3) is 3.11. The van der Waals surface area contributed by atoms with Crippen molar-refractivity contribution in [2.75, 3.05) is 0 Å². The Kier molecular flexibility index (Phi) is 4.38. The van der Waals surface area contributed by atoms with Crippen LogP contribution in [0.1, 0.15) is 30.0 Å². The molecule has 1 heterocycles. The maximum Gasteiger partial charge on any atom is 0.130 e. The summed E-state index contributed by atoms with van der Waals surface area (Å²) in [6.07, 6.45) is 2.62. The first kappa shape index (κ1) is 13.1. The van der Waals surface area contributed by atoms with Gasteiger partial charge in [0, 0.05) is 29.8 Å². The van der Waals surface area contributed by atoms with Crippen molar-refractivity contribution in [2.24, 2.45) is 0 Å². The van der Waals surface area contributed by atoms with Gasteiger partial charge in [0.15, 0.2) is 0 Å². The third-order valence-electron chi connectivity index (χ3n) is 2.71. The summed E-state index contributed by atoms with van der Waals surface area (Å²) in [5.74, 6) is -1.07. The van der Waals surface area contributed by atoms with E-state index >= 15 is 0 Å². The molecule has 1 atom stereocenters. The SMILES string of the molecule is CCC(NCc1ccc(F)cc1F)c1nccs1. The number of rotatable bonds is 5. The van der Waals surface area contributed by atoms with Crippen LogP contribution in [0, 0.1) is 11.6 Å². The molecule has 0 aliphatic carbocycles. The fraction of sp³-hybridized carbons (Fsp3) is 0.308. The van der Waals surface area contributed by atoms with E-state index in [-0.39, 0.29) is 6.04 Å². The molecule has 0 aliphatic rings. The van der Waals surface area contributed by atoms with Crippen molar-refractivity contribution in [1.29, 1.82) is 0 Å². The summed E-state index contributed by atoms with van der Waals surface area (Å²) in [6.45, 7) is 2.41. The van der Waals surface area contributed by atoms with E-state index in [9.17, 15) is 8.78 Å². The highest BCUT2D eigenvalue weighted by molar-refractivity contribution is 7.09. The molecule has 0 spiro atoms. The smallest absolute Gasteiger partial charge is 0.130 e. The second kappa shape index (κ2) is 6.02. The largest absolute Gasteiger partial charge is 0.304 e. The predicted octanol–water partition coefficient (Wildman–Crippen LogP) is 3.66. The average molecular weight is 268 g/mol. The summed E-state index contributed by atoms with van der Waals surface area (Å²) in [5, 5.41) is 6.13. The Hall–Kier alpha value is -1.33. The van der Waals surface area contributed by atoms with Crippen LogP contribution < -0.4 is 5.32 Å². The lowest BCUT2D eigenvalue weighted by Gasteiger charge is -2.14. The standard InChI is InChI=1S/C13H14F2N2S/c1-2-12(13-16-5-6-18-13)17-8-9-3-4-10(14)7-11(9)15/h3-7,12,17H,2,8H2,1H3. The van der Waals surface area contributed by atoms with Crippen molar-refractivity contribution < 1.29 is 8.78 Å². The van der Waals surface area contributed by atoms with Crippen molar-refractivity contribution in [1.82, 2.24) is 10.3 Å². The van der Waals surface area contributed by atoms with Crippen LogP contribution >= 0.6 is 11.3 Å². The Morgan fingerprint density at radius 1 is 1.39 bits per heavy atom. The maximum atomic E-state index is 13.5. The summed E-state index contributed by atoms with van der Waals surface area (Å²) >= 11 is 1.57. The molecule has 0 saturated carbocycles. The first-order valence-electron chi connectivity index (χ1n) is 5.77. The molecule has 0 aliphatic heterocycles. The number of hydrogen-bond acceptors (Lipinski definition) is 3. The lowest BCUT2D eigenvalue weighted by molar-refractivity contribution is 0.499. The number of nitrogens with one attached hydrogen (secondary N) is 1. The van der Waals surface area contributed by atoms with Gasteiger partial charge in [-0.1, -0.05) is 13.0 Å². The van der Waals surface area contributed by atoms with E-state index in [1.54, 1.807) is 17.5 Å². The van der Waals surface area contributed by atoms with Gasteiger partial charge in [0.2, 0.25) is 0 Å². The van der Waals surface area contributed by atoms with E-state index in [1.807, 2.05) is 12.3 Å². The second-order valence-electron chi connectivity index (χ2n) is 3.95. The van der Waals surface area contributed by atoms with Gasteiger partial charge in [-0.05, 0) is 12.5 Å². The summed E-state index contributed by atoms with van der Waals surface area (Å²) in [7, 11) is 0. The van der Waals surface area contributed by atoms with Crippen molar-refractivity contribution in [2.45, 2.75) is 25.9 Å². The van der Waals surface area contributed by atoms with Gasteiger partial charge in [-0.15, -0.1) is 11.3 Å². The van der Waals surface area contributed by atoms with Crippen LogP contribution in [0.4, 0.5) is 8.78 Å². The molecule has 2 rings (SSSR count). The van der Waals surface area contributed by atoms with Gasteiger partial charge in [-0.3, -0.25) is 0 Å². The van der Waals surface area contributed by atoms with Gasteiger partial charge >= 0.3 is 0 Å². The number of nitrogens with zero attached hydrogens (tertiary/aromatic N) is 1. The summed E-state index contributed by atoms with van der Waals surface area (Å²) < 4.78 is 26.2. The Balaban J connectivity index is 2.02. The lowest BCUT2D eigenvalue weighted by atomic mass is 10.1. The Morgan fingerprint density at radius 2 is 2.22 bits per heavy atom. The quantitative estimate of drug-likeness (QED) is 0.895. The molecule has 0 saturated heterocycles. The van der Waals surface area contributed by atoms with Gasteiger partial charge in [-0.2, -0.15) is 0 Å². The van der Waals surface area contributed by atoms with Crippen LogP contribution in [-0.2, 0) is 6.54 Å². The Bertz CT molecular complexity index is 500. The molecule has 0 amide bonds. The number of halogens is 2. The normalized spacial score (nSPS) is 12.6. The molecule has 0 fully saturated rings. The molecule has 0 bridgehead atoms. The molecule has 2 nitrogen and oxygen atoms in total. The van der Waals surface area contributed by atoms with Crippen LogP contribution in [0.2, 0.25) is 0 Å². The van der Waals surface area contributed by atoms with Gasteiger partial charge in [0.1, 0.15) is 16.6 Å². The van der Waals surface area contributed by atoms with Crippen molar-refractivity contribution >= 4 is 11.3 Å². The lowest BCUT2D eigenvalue weighted by Crippen LogP contribution is -2.20. The van der Waals surface area contributed by atoms with Gasteiger partial charge in [0.25, 0.3) is 0 Å². The molecule has 96 valence electrons. The zero-order valence-corrected chi connectivity index (χ0v) is 10.8. The first-order chi connectivity index (χ1) is 8.70. The minimum atomic E-state index is -0.553. The molecule has 1 aromatic carbocycles. The van der Waals surface area contributed by atoms with Crippen LogP contribution in [0.15, 0.2) is 29.8 Å². The minimum Gasteiger partial charge on any atom is -0.304 e. The van der Waals surface area contributed by atoms with Crippen LogP contribution in [-0.4, -0.2) is 4.98 Å². The zero-order chi connectivity index (χ0) is 13.0. The van der Waals surface area contributed by atoms with Gasteiger partial charge in [0.05, 0.1) is 6.04 Å². The molecule has 1 aromatic heterocycles. The van der Waals surface area contributed by atoms with E-state index in [4.69, 9.17) is 0 Å². The van der Waals surface area contributed by atoms with Gasteiger partial charge in [-0.25, -0.2) is 13.8 Å². The zero-order valence-electron chi connectivity index (χ0n) is 9.99. The van der Waals surface area contributed by atoms with Crippen molar-refractivity contribution in [3.05, 3.63) is 52.0 Å². The van der Waals surface area contributed by atoms with Gasteiger partial charge < -0.3 is 5.32 Å². The van der Waals surface area contributed by atoms with Crippen molar-refractivity contribution in [3.63, 3.8) is 0 Å². The second-order valence-corrected chi connectivity index (χ2v) is 4.87. The molecule has 0 radical (unpaired) electrons. The highest BCUT2D eigenvalue weighted by atomic mass is 32.1. The monoisotopic (exact) mass is 268 g/mol. The molecule has 1 N–H and O–H groups in total. The Labute approximate surface area is 109 Å². The first-order valence-corrected chi connectivity index (χ1v) is 6.65. The predicted molar refractivity (Wildman–Crippen MR) is 68.3 cm³/mol. The number of benzene rings is 1. The number of hydrogen-bond donors (Lipinski definition) is 1. The fourth-order valence-electron chi connectivity index (χ4n) is 1.71. The summed E-state index contributed by atoms with van der Waals surface area (Å²) in [4.78, 5) is 4.24. The number of aromatic nitrogens is 1. The molecule has 1 unspecified atom stereocenters. The Morgan fingerprint density at radius 3 is 2.83 bits per heavy atom. The summed E-state index contributed by atoms with van der Waals surface area (Å²) in [5.41, 5.74) is 0.464. The van der Waals surface area contributed by atoms with E-state index in [0.29, 0.717) is 12.1 Å². The van der Waals surface area contributed by atoms with Crippen LogP contribution in [0.5, 0.6) is 0 Å². The minimum absolute atomic E-state index is 0.106. The molecular formula is C13H14F2N2S. The average Bonchev–Trinajstić information content (AvgIpc) is 2.86.